The summed E-state index contributed by atoms with van der Waals surface area (Å²) in [5, 5.41) is 12.9. The molecule has 9 heteroatoms. The molecule has 4 aromatic rings. The molecule has 2 aliphatic rings. The number of likely N-dealkylation sites (tertiary alicyclic amines) is 1. The molecule has 0 bridgehead atoms. The summed E-state index contributed by atoms with van der Waals surface area (Å²) < 4.78 is 9.63. The van der Waals surface area contributed by atoms with Gasteiger partial charge in [0.15, 0.2) is 0 Å². The average molecular weight is 498 g/mol. The van der Waals surface area contributed by atoms with Gasteiger partial charge < -0.3 is 14.2 Å². The highest BCUT2D eigenvalue weighted by atomic mass is 16.5. The number of ether oxygens (including phenoxy) is 1. The van der Waals surface area contributed by atoms with Crippen molar-refractivity contribution in [2.24, 2.45) is 5.92 Å². The Morgan fingerprint density at radius 3 is 2.86 bits per heavy atom. The Labute approximate surface area is 215 Å². The fraction of sp³-hybridized carbons (Fsp3) is 0.393. The topological polar surface area (TPSA) is 91.0 Å². The van der Waals surface area contributed by atoms with E-state index in [9.17, 15) is 4.79 Å². The first-order chi connectivity index (χ1) is 18.1. The van der Waals surface area contributed by atoms with Gasteiger partial charge in [0.05, 0.1) is 36.3 Å². The predicted octanol–water partition coefficient (Wildman–Crippen LogP) is 4.08. The van der Waals surface area contributed by atoms with Gasteiger partial charge >= 0.3 is 0 Å². The van der Waals surface area contributed by atoms with E-state index in [2.05, 4.69) is 56.4 Å². The van der Waals surface area contributed by atoms with Gasteiger partial charge in [-0.25, -0.2) is 4.68 Å². The van der Waals surface area contributed by atoms with Gasteiger partial charge in [0.1, 0.15) is 12.1 Å². The van der Waals surface area contributed by atoms with Crippen LogP contribution in [0.5, 0.6) is 5.75 Å². The molecule has 4 heterocycles. The maximum Gasteiger partial charge on any atom is 0.225 e. The number of pyridine rings is 1. The van der Waals surface area contributed by atoms with E-state index in [-0.39, 0.29) is 24.4 Å². The van der Waals surface area contributed by atoms with Crippen LogP contribution in [0.2, 0.25) is 0 Å². The SMILES string of the molecule is CCOc1ccc(C(CC(=O)N2CC[C@@H](C)[C@@H](n3ccc4cnc5c(c43)C=CC5)C2)n2cnnn2)cc1. The number of benzene rings is 1. The normalized spacial score (nSPS) is 19.8. The highest BCUT2D eigenvalue weighted by molar-refractivity contribution is 5.90. The maximum absolute atomic E-state index is 13.7. The Bertz CT molecular complexity index is 1430. The van der Waals surface area contributed by atoms with Crippen molar-refractivity contribution in [2.45, 2.75) is 45.2 Å². The lowest BCUT2D eigenvalue weighted by Gasteiger charge is -2.39. The molecule has 1 amide bonds. The van der Waals surface area contributed by atoms with E-state index in [0.717, 1.165) is 41.8 Å². The van der Waals surface area contributed by atoms with Crippen LogP contribution in [0.1, 0.15) is 55.6 Å². The van der Waals surface area contributed by atoms with Crippen molar-refractivity contribution in [1.82, 2.24) is 34.7 Å². The number of fused-ring (bicyclic) bond motifs is 3. The van der Waals surface area contributed by atoms with Crippen molar-refractivity contribution >= 4 is 22.9 Å². The molecule has 1 aromatic carbocycles. The Balaban J connectivity index is 1.25. The summed E-state index contributed by atoms with van der Waals surface area (Å²) in [5.41, 5.74) is 4.54. The third kappa shape index (κ3) is 4.39. The third-order valence-corrected chi connectivity index (χ3v) is 7.72. The van der Waals surface area contributed by atoms with Crippen molar-refractivity contribution < 1.29 is 9.53 Å². The molecule has 1 aliphatic heterocycles. The average Bonchev–Trinajstić information content (AvgIpc) is 3.69. The number of allylic oxidation sites excluding steroid dienone is 1. The fourth-order valence-electron chi connectivity index (χ4n) is 5.68. The minimum Gasteiger partial charge on any atom is -0.494 e. The Kier molecular flexibility index (Phi) is 6.20. The molecule has 6 rings (SSSR count). The number of amides is 1. The fourth-order valence-corrected chi connectivity index (χ4v) is 5.68. The molecular formula is C28H31N7O2. The van der Waals surface area contributed by atoms with Gasteiger partial charge in [-0.15, -0.1) is 5.10 Å². The molecule has 1 fully saturated rings. The predicted molar refractivity (Wildman–Crippen MR) is 140 cm³/mol. The molecule has 0 radical (unpaired) electrons. The number of nitrogens with zero attached hydrogens (tertiary/aromatic N) is 7. The van der Waals surface area contributed by atoms with Gasteiger partial charge in [-0.3, -0.25) is 9.78 Å². The number of piperidine rings is 1. The van der Waals surface area contributed by atoms with Crippen LogP contribution in [0.15, 0.2) is 55.1 Å². The zero-order valence-electron chi connectivity index (χ0n) is 21.2. The number of hydrogen-bond donors (Lipinski definition) is 0. The van der Waals surface area contributed by atoms with Crippen LogP contribution < -0.4 is 4.74 Å². The largest absolute Gasteiger partial charge is 0.494 e. The molecule has 3 aromatic heterocycles. The van der Waals surface area contributed by atoms with E-state index < -0.39 is 0 Å². The molecule has 1 unspecified atom stereocenters. The molecule has 3 atom stereocenters. The summed E-state index contributed by atoms with van der Waals surface area (Å²) >= 11 is 0. The lowest BCUT2D eigenvalue weighted by Crippen LogP contribution is -2.44. The van der Waals surface area contributed by atoms with Gasteiger partial charge in [0, 0.05) is 42.9 Å². The van der Waals surface area contributed by atoms with Crippen molar-refractivity contribution in [3.63, 3.8) is 0 Å². The van der Waals surface area contributed by atoms with Crippen LogP contribution in [0.4, 0.5) is 0 Å². The summed E-state index contributed by atoms with van der Waals surface area (Å²) in [6, 6.07) is 9.88. The standard InChI is InChI=1S/C28H31N7O2/c1-3-37-22-9-7-20(8-10-22)25(35-18-30-31-32-35)15-27(36)33-13-11-19(2)26(17-33)34-14-12-21-16-29-24-6-4-5-23(24)28(21)34/h4-5,7-10,12,14,16,18-19,25-26H,3,6,11,13,15,17H2,1-2H3/t19-,25?,26+/m1/s1. The van der Waals surface area contributed by atoms with Crippen LogP contribution in [0, 0.1) is 5.92 Å². The van der Waals surface area contributed by atoms with E-state index in [1.54, 1.807) is 11.0 Å². The molecule has 1 aliphatic carbocycles. The van der Waals surface area contributed by atoms with Crippen LogP contribution in [-0.2, 0) is 11.2 Å². The van der Waals surface area contributed by atoms with E-state index in [1.165, 1.54) is 11.1 Å². The second kappa shape index (κ2) is 9.80. The van der Waals surface area contributed by atoms with Crippen LogP contribution in [-0.4, -0.2) is 60.3 Å². The number of carbonyl (C=O) groups excluding carboxylic acids is 1. The second-order valence-electron chi connectivity index (χ2n) is 9.94. The van der Waals surface area contributed by atoms with Crippen LogP contribution >= 0.6 is 0 Å². The van der Waals surface area contributed by atoms with E-state index in [1.807, 2.05) is 42.3 Å². The summed E-state index contributed by atoms with van der Waals surface area (Å²) in [6.45, 7) is 6.28. The lowest BCUT2D eigenvalue weighted by molar-refractivity contribution is -0.134. The highest BCUT2D eigenvalue weighted by Gasteiger charge is 2.33. The number of hydrogen-bond acceptors (Lipinski definition) is 6. The van der Waals surface area contributed by atoms with Crippen molar-refractivity contribution in [3.05, 3.63) is 71.9 Å². The van der Waals surface area contributed by atoms with Gasteiger partial charge in [-0.05, 0) is 53.5 Å². The third-order valence-electron chi connectivity index (χ3n) is 7.72. The van der Waals surface area contributed by atoms with Gasteiger partial charge in [0.25, 0.3) is 0 Å². The van der Waals surface area contributed by atoms with Gasteiger partial charge in [0.2, 0.25) is 5.91 Å². The Morgan fingerprint density at radius 2 is 2.08 bits per heavy atom. The zero-order valence-corrected chi connectivity index (χ0v) is 21.2. The molecule has 0 N–H and O–H groups in total. The molecule has 190 valence electrons. The van der Waals surface area contributed by atoms with E-state index in [0.29, 0.717) is 19.1 Å². The lowest BCUT2D eigenvalue weighted by atomic mass is 9.92. The smallest absolute Gasteiger partial charge is 0.225 e. The van der Waals surface area contributed by atoms with Gasteiger partial charge in [-0.2, -0.15) is 0 Å². The van der Waals surface area contributed by atoms with Crippen molar-refractivity contribution in [2.75, 3.05) is 19.7 Å². The number of carbonyl (C=O) groups is 1. The Hall–Kier alpha value is -4.01. The molecule has 9 nitrogen and oxygen atoms in total. The maximum atomic E-state index is 13.7. The minimum atomic E-state index is -0.289. The molecule has 1 saturated heterocycles. The highest BCUT2D eigenvalue weighted by Crippen LogP contribution is 2.35. The number of aromatic nitrogens is 6. The number of rotatable bonds is 7. The first-order valence-corrected chi connectivity index (χ1v) is 13.0. The first-order valence-electron chi connectivity index (χ1n) is 13.0. The zero-order chi connectivity index (χ0) is 25.4. The molecule has 0 spiro atoms. The quantitative estimate of drug-likeness (QED) is 0.382. The van der Waals surface area contributed by atoms with Crippen LogP contribution in [0.3, 0.4) is 0 Å². The minimum absolute atomic E-state index is 0.106. The van der Waals surface area contributed by atoms with Crippen molar-refractivity contribution in [3.8, 4) is 5.75 Å². The summed E-state index contributed by atoms with van der Waals surface area (Å²) in [6.07, 6.45) is 12.2. The monoisotopic (exact) mass is 497 g/mol. The first kappa shape index (κ1) is 23.4. The number of tetrazole rings is 1. The van der Waals surface area contributed by atoms with E-state index >= 15 is 0 Å². The summed E-state index contributed by atoms with van der Waals surface area (Å²) in [7, 11) is 0. The second-order valence-corrected chi connectivity index (χ2v) is 9.94. The van der Waals surface area contributed by atoms with E-state index in [4.69, 9.17) is 4.74 Å². The molecule has 37 heavy (non-hydrogen) atoms. The van der Waals surface area contributed by atoms with Crippen molar-refractivity contribution in [1.29, 1.82) is 0 Å². The molecular weight excluding hydrogens is 466 g/mol. The van der Waals surface area contributed by atoms with Gasteiger partial charge in [-0.1, -0.05) is 31.2 Å². The summed E-state index contributed by atoms with van der Waals surface area (Å²) in [4.78, 5) is 20.4. The summed E-state index contributed by atoms with van der Waals surface area (Å²) in [5.74, 6) is 1.36. The Morgan fingerprint density at radius 1 is 1.22 bits per heavy atom. The van der Waals surface area contributed by atoms with Crippen LogP contribution in [0.25, 0.3) is 17.0 Å². The molecule has 0 saturated carbocycles.